The monoisotopic (exact) mass is 358 g/mol. The van der Waals surface area contributed by atoms with Crippen molar-refractivity contribution in [3.8, 4) is 0 Å². The van der Waals surface area contributed by atoms with Crippen molar-refractivity contribution in [2.45, 2.75) is 39.2 Å². The van der Waals surface area contributed by atoms with E-state index in [1.807, 2.05) is 13.8 Å². The average Bonchev–Trinajstić information content (AvgIpc) is 2.54. The van der Waals surface area contributed by atoms with Gasteiger partial charge in [-0.15, -0.1) is 0 Å². The second kappa shape index (κ2) is 11.4. The van der Waals surface area contributed by atoms with Gasteiger partial charge < -0.3 is 9.47 Å². The number of carbonyl (C=O) groups excluding carboxylic acids is 2. The lowest BCUT2D eigenvalue weighted by Crippen LogP contribution is -2.30. The third kappa shape index (κ3) is 7.75. The van der Waals surface area contributed by atoms with Crippen LogP contribution in [0.1, 0.15) is 43.5 Å². The molecule has 0 aliphatic rings. The molecule has 0 spiro atoms. The Morgan fingerprint density at radius 3 is 2.52 bits per heavy atom. The van der Waals surface area contributed by atoms with Crippen LogP contribution in [0, 0.1) is 0 Å². The largest absolute Gasteiger partial charge is 0.463 e. The standard InChI is InChI=1S/C17H23ClO4S/c1-3-5-11-21-17(20)15(10-12-23-4-2)22-16(19)13-6-8-14(18)9-7-13/h6-9,15H,3-5,10-12H2,1-2H3. The third-order valence-corrected chi connectivity index (χ3v) is 4.25. The predicted octanol–water partition coefficient (Wildman–Crippen LogP) is 4.35. The Kier molecular flexibility index (Phi) is 9.80. The maximum Gasteiger partial charge on any atom is 0.347 e. The van der Waals surface area contributed by atoms with Crippen molar-refractivity contribution in [1.29, 1.82) is 0 Å². The van der Waals surface area contributed by atoms with E-state index in [0.29, 0.717) is 23.6 Å². The molecule has 0 aromatic heterocycles. The molecule has 1 rings (SSSR count). The predicted molar refractivity (Wildman–Crippen MR) is 94.1 cm³/mol. The van der Waals surface area contributed by atoms with Crippen LogP contribution in [0.15, 0.2) is 24.3 Å². The van der Waals surface area contributed by atoms with E-state index in [0.717, 1.165) is 24.3 Å². The van der Waals surface area contributed by atoms with Crippen LogP contribution in [-0.2, 0) is 14.3 Å². The number of hydrogen-bond acceptors (Lipinski definition) is 5. The zero-order valence-corrected chi connectivity index (χ0v) is 15.1. The molecular weight excluding hydrogens is 336 g/mol. The van der Waals surface area contributed by atoms with Crippen LogP contribution in [0.3, 0.4) is 0 Å². The van der Waals surface area contributed by atoms with E-state index >= 15 is 0 Å². The maximum absolute atomic E-state index is 12.2. The number of unbranched alkanes of at least 4 members (excludes halogenated alkanes) is 1. The van der Waals surface area contributed by atoms with E-state index in [2.05, 4.69) is 0 Å². The van der Waals surface area contributed by atoms with E-state index in [4.69, 9.17) is 21.1 Å². The first kappa shape index (κ1) is 19.8. The summed E-state index contributed by atoms with van der Waals surface area (Å²) in [5.41, 5.74) is 0.365. The van der Waals surface area contributed by atoms with Crippen molar-refractivity contribution in [3.05, 3.63) is 34.9 Å². The van der Waals surface area contributed by atoms with Crippen molar-refractivity contribution in [3.63, 3.8) is 0 Å². The molecule has 4 nitrogen and oxygen atoms in total. The highest BCUT2D eigenvalue weighted by Gasteiger charge is 2.24. The fraction of sp³-hybridized carbons (Fsp3) is 0.529. The number of esters is 2. The minimum atomic E-state index is -0.867. The summed E-state index contributed by atoms with van der Waals surface area (Å²) in [5.74, 6) is 0.666. The summed E-state index contributed by atoms with van der Waals surface area (Å²) in [6.45, 7) is 4.41. The number of hydrogen-bond donors (Lipinski definition) is 0. The number of ether oxygens (including phenoxy) is 2. The van der Waals surface area contributed by atoms with Gasteiger partial charge in [-0.05, 0) is 42.2 Å². The fourth-order valence-corrected chi connectivity index (χ4v) is 2.55. The van der Waals surface area contributed by atoms with E-state index < -0.39 is 18.0 Å². The molecule has 0 heterocycles. The van der Waals surface area contributed by atoms with Crippen molar-refractivity contribution in [2.75, 3.05) is 18.1 Å². The minimum Gasteiger partial charge on any atom is -0.463 e. The molecule has 23 heavy (non-hydrogen) atoms. The van der Waals surface area contributed by atoms with Crippen LogP contribution in [0.25, 0.3) is 0 Å². The van der Waals surface area contributed by atoms with Gasteiger partial charge in [-0.25, -0.2) is 9.59 Å². The Morgan fingerprint density at radius 2 is 1.91 bits per heavy atom. The molecule has 1 unspecified atom stereocenters. The summed E-state index contributed by atoms with van der Waals surface area (Å²) < 4.78 is 10.5. The van der Waals surface area contributed by atoms with Gasteiger partial charge in [0.05, 0.1) is 12.2 Å². The molecular formula is C17H23ClO4S. The Balaban J connectivity index is 2.64. The van der Waals surface area contributed by atoms with Crippen LogP contribution < -0.4 is 0 Å². The molecule has 1 atom stereocenters. The van der Waals surface area contributed by atoms with Gasteiger partial charge in [0, 0.05) is 11.4 Å². The van der Waals surface area contributed by atoms with Gasteiger partial charge >= 0.3 is 11.9 Å². The number of carbonyl (C=O) groups is 2. The van der Waals surface area contributed by atoms with E-state index in [1.54, 1.807) is 36.0 Å². The molecule has 0 aliphatic heterocycles. The van der Waals surface area contributed by atoms with Crippen molar-refractivity contribution >= 4 is 35.3 Å². The zero-order chi connectivity index (χ0) is 17.1. The first-order chi connectivity index (χ1) is 11.1. The van der Waals surface area contributed by atoms with Gasteiger partial charge in [-0.2, -0.15) is 11.8 Å². The van der Waals surface area contributed by atoms with Crippen LogP contribution in [0.5, 0.6) is 0 Å². The lowest BCUT2D eigenvalue weighted by atomic mass is 10.2. The smallest absolute Gasteiger partial charge is 0.347 e. The molecule has 0 saturated carbocycles. The normalized spacial score (nSPS) is 11.8. The van der Waals surface area contributed by atoms with Gasteiger partial charge in [0.1, 0.15) is 0 Å². The summed E-state index contributed by atoms with van der Waals surface area (Å²) in [5, 5.41) is 0.538. The first-order valence-corrected chi connectivity index (χ1v) is 9.32. The van der Waals surface area contributed by atoms with Gasteiger partial charge in [-0.3, -0.25) is 0 Å². The lowest BCUT2D eigenvalue weighted by molar-refractivity contribution is -0.154. The molecule has 0 saturated heterocycles. The van der Waals surface area contributed by atoms with E-state index in [1.165, 1.54) is 0 Å². The lowest BCUT2D eigenvalue weighted by Gasteiger charge is -2.16. The maximum atomic E-state index is 12.2. The Bertz CT molecular complexity index is 490. The van der Waals surface area contributed by atoms with Crippen molar-refractivity contribution in [2.24, 2.45) is 0 Å². The van der Waals surface area contributed by atoms with E-state index in [-0.39, 0.29) is 0 Å². The molecule has 1 aromatic rings. The van der Waals surface area contributed by atoms with Crippen LogP contribution in [0.4, 0.5) is 0 Å². The first-order valence-electron chi connectivity index (χ1n) is 7.79. The van der Waals surface area contributed by atoms with Crippen LogP contribution >= 0.6 is 23.4 Å². The SMILES string of the molecule is CCCCOC(=O)C(CCSCC)OC(=O)c1ccc(Cl)cc1. The molecule has 0 aliphatic carbocycles. The number of benzene rings is 1. The van der Waals surface area contributed by atoms with Gasteiger partial charge in [0.25, 0.3) is 0 Å². The molecule has 0 bridgehead atoms. The Morgan fingerprint density at radius 1 is 1.22 bits per heavy atom. The fourth-order valence-electron chi connectivity index (χ4n) is 1.75. The number of halogens is 1. The van der Waals surface area contributed by atoms with Gasteiger partial charge in [-0.1, -0.05) is 31.9 Å². The molecule has 0 radical (unpaired) electrons. The van der Waals surface area contributed by atoms with Crippen molar-refractivity contribution in [1.82, 2.24) is 0 Å². The molecule has 6 heteroatoms. The van der Waals surface area contributed by atoms with Crippen LogP contribution in [-0.4, -0.2) is 36.2 Å². The number of thioether (sulfide) groups is 1. The average molecular weight is 359 g/mol. The highest BCUT2D eigenvalue weighted by Crippen LogP contribution is 2.14. The summed E-state index contributed by atoms with van der Waals surface area (Å²) in [7, 11) is 0. The van der Waals surface area contributed by atoms with E-state index in [9.17, 15) is 9.59 Å². The van der Waals surface area contributed by atoms with Gasteiger partial charge in [0.2, 0.25) is 0 Å². The van der Waals surface area contributed by atoms with Crippen molar-refractivity contribution < 1.29 is 19.1 Å². The summed E-state index contributed by atoms with van der Waals surface area (Å²) in [6.07, 6.45) is 1.32. The highest BCUT2D eigenvalue weighted by atomic mass is 35.5. The zero-order valence-electron chi connectivity index (χ0n) is 13.5. The Labute approximate surface area is 146 Å². The molecule has 0 amide bonds. The topological polar surface area (TPSA) is 52.6 Å². The molecule has 1 aromatic carbocycles. The van der Waals surface area contributed by atoms with Crippen LogP contribution in [0.2, 0.25) is 5.02 Å². The minimum absolute atomic E-state index is 0.352. The molecule has 0 fully saturated rings. The number of rotatable bonds is 10. The quantitative estimate of drug-likeness (QED) is 0.459. The summed E-state index contributed by atoms with van der Waals surface area (Å²) in [6, 6.07) is 6.37. The second-order valence-electron chi connectivity index (χ2n) is 4.91. The Hall–Kier alpha value is -1.20. The molecule has 128 valence electrons. The highest BCUT2D eigenvalue weighted by molar-refractivity contribution is 7.99. The molecule has 0 N–H and O–H groups in total. The second-order valence-corrected chi connectivity index (χ2v) is 6.74. The summed E-state index contributed by atoms with van der Waals surface area (Å²) >= 11 is 7.49. The van der Waals surface area contributed by atoms with Gasteiger partial charge in [0.15, 0.2) is 6.10 Å². The third-order valence-electron chi connectivity index (χ3n) is 3.06. The summed E-state index contributed by atoms with van der Waals surface area (Å²) in [4.78, 5) is 24.3.